The van der Waals surface area contributed by atoms with E-state index >= 15 is 0 Å². The van der Waals surface area contributed by atoms with Crippen molar-refractivity contribution in [2.24, 2.45) is 0 Å². The summed E-state index contributed by atoms with van der Waals surface area (Å²) in [4.78, 5) is 37.8. The van der Waals surface area contributed by atoms with Gasteiger partial charge in [0.1, 0.15) is 13.2 Å². The second-order valence-corrected chi connectivity index (χ2v) is 6.17. The van der Waals surface area contributed by atoms with E-state index in [0.717, 1.165) is 0 Å². The zero-order valence-corrected chi connectivity index (χ0v) is 16.4. The Balaban J connectivity index is 2.26. The fourth-order valence-electron chi connectivity index (χ4n) is 2.73. The average molecular weight is 391 g/mol. The van der Waals surface area contributed by atoms with Crippen LogP contribution in [0.4, 0.5) is 10.5 Å². The zero-order valence-electron chi connectivity index (χ0n) is 16.4. The van der Waals surface area contributed by atoms with Crippen molar-refractivity contribution in [2.45, 2.75) is 13.0 Å². The molecule has 2 N–H and O–H groups in total. The SMILES string of the molecule is COCCOC(=O)C1=C(C)N(C)C(=O)N[C@@H]1c1ccc(NC(=O)COC)cc1. The summed E-state index contributed by atoms with van der Waals surface area (Å²) in [6.45, 7) is 2.03. The van der Waals surface area contributed by atoms with E-state index in [-0.39, 0.29) is 31.8 Å². The molecule has 28 heavy (non-hydrogen) atoms. The molecule has 1 aliphatic heterocycles. The number of nitrogens with zero attached hydrogens (tertiary/aromatic N) is 1. The van der Waals surface area contributed by atoms with Crippen molar-refractivity contribution in [1.29, 1.82) is 0 Å². The molecule has 0 saturated heterocycles. The molecule has 0 spiro atoms. The molecule has 1 aliphatic rings. The number of ether oxygens (including phenoxy) is 3. The van der Waals surface area contributed by atoms with Crippen LogP contribution in [0.2, 0.25) is 0 Å². The first-order chi connectivity index (χ1) is 13.4. The largest absolute Gasteiger partial charge is 0.460 e. The summed E-state index contributed by atoms with van der Waals surface area (Å²) < 4.78 is 14.9. The number of rotatable bonds is 8. The van der Waals surface area contributed by atoms with Gasteiger partial charge in [-0.15, -0.1) is 0 Å². The summed E-state index contributed by atoms with van der Waals surface area (Å²) in [5, 5.41) is 5.49. The maximum Gasteiger partial charge on any atom is 0.338 e. The monoisotopic (exact) mass is 391 g/mol. The maximum atomic E-state index is 12.6. The first kappa shape index (κ1) is 21.4. The van der Waals surface area contributed by atoms with Gasteiger partial charge in [-0.1, -0.05) is 12.1 Å². The molecule has 0 radical (unpaired) electrons. The Morgan fingerprint density at radius 1 is 1.14 bits per heavy atom. The summed E-state index contributed by atoms with van der Waals surface area (Å²) in [5.41, 5.74) is 2.11. The lowest BCUT2D eigenvalue weighted by molar-refractivity contribution is -0.140. The molecular weight excluding hydrogens is 366 g/mol. The van der Waals surface area contributed by atoms with Gasteiger partial charge in [0.05, 0.1) is 18.2 Å². The summed E-state index contributed by atoms with van der Waals surface area (Å²) in [6.07, 6.45) is 0. The highest BCUT2D eigenvalue weighted by molar-refractivity contribution is 5.95. The van der Waals surface area contributed by atoms with Crippen molar-refractivity contribution in [3.05, 3.63) is 41.1 Å². The summed E-state index contributed by atoms with van der Waals surface area (Å²) in [6, 6.07) is 5.85. The smallest absolute Gasteiger partial charge is 0.338 e. The average Bonchev–Trinajstić information content (AvgIpc) is 2.66. The number of urea groups is 1. The molecule has 1 atom stereocenters. The normalized spacial score (nSPS) is 16.6. The quantitative estimate of drug-likeness (QED) is 0.513. The number of methoxy groups -OCH3 is 2. The van der Waals surface area contributed by atoms with E-state index in [9.17, 15) is 14.4 Å². The molecule has 2 rings (SSSR count). The third kappa shape index (κ3) is 5.08. The number of carbonyl (C=O) groups is 3. The van der Waals surface area contributed by atoms with Gasteiger partial charge in [-0.05, 0) is 24.6 Å². The van der Waals surface area contributed by atoms with E-state index in [4.69, 9.17) is 14.2 Å². The third-order valence-electron chi connectivity index (χ3n) is 4.30. The van der Waals surface area contributed by atoms with Crippen molar-refractivity contribution in [2.75, 3.05) is 46.4 Å². The lowest BCUT2D eigenvalue weighted by atomic mass is 9.95. The Hall–Kier alpha value is -2.91. The van der Waals surface area contributed by atoms with Gasteiger partial charge in [0, 0.05) is 32.7 Å². The zero-order chi connectivity index (χ0) is 20.7. The fraction of sp³-hybridized carbons (Fsp3) is 0.421. The van der Waals surface area contributed by atoms with Crippen LogP contribution in [0.5, 0.6) is 0 Å². The van der Waals surface area contributed by atoms with Gasteiger partial charge < -0.3 is 29.7 Å². The molecule has 0 fully saturated rings. The topological polar surface area (TPSA) is 106 Å². The summed E-state index contributed by atoms with van der Waals surface area (Å²) in [7, 11) is 4.54. The van der Waals surface area contributed by atoms with Gasteiger partial charge >= 0.3 is 12.0 Å². The summed E-state index contributed by atoms with van der Waals surface area (Å²) in [5.74, 6) is -0.801. The number of hydrogen-bond acceptors (Lipinski definition) is 6. The molecule has 0 aromatic heterocycles. The highest BCUT2D eigenvalue weighted by atomic mass is 16.6. The van der Waals surface area contributed by atoms with Crippen LogP contribution < -0.4 is 10.6 Å². The second kappa shape index (κ2) is 9.86. The van der Waals surface area contributed by atoms with Crippen LogP contribution in [0.15, 0.2) is 35.5 Å². The molecule has 1 heterocycles. The molecule has 9 heteroatoms. The van der Waals surface area contributed by atoms with Crippen molar-refractivity contribution in [3.8, 4) is 0 Å². The summed E-state index contributed by atoms with van der Waals surface area (Å²) >= 11 is 0. The van der Waals surface area contributed by atoms with Gasteiger partial charge in [-0.25, -0.2) is 9.59 Å². The number of allylic oxidation sites excluding steroid dienone is 1. The minimum atomic E-state index is -0.664. The lowest BCUT2D eigenvalue weighted by Gasteiger charge is -2.33. The van der Waals surface area contributed by atoms with Gasteiger partial charge in [-0.3, -0.25) is 4.79 Å². The Kier molecular flexibility index (Phi) is 7.53. The first-order valence-corrected chi connectivity index (χ1v) is 8.68. The van der Waals surface area contributed by atoms with E-state index in [1.54, 1.807) is 38.2 Å². The molecule has 152 valence electrons. The van der Waals surface area contributed by atoms with E-state index in [1.807, 2.05) is 0 Å². The van der Waals surface area contributed by atoms with Crippen LogP contribution in [0, 0.1) is 0 Å². The van der Waals surface area contributed by atoms with Crippen LogP contribution in [0.3, 0.4) is 0 Å². The predicted molar refractivity (Wildman–Crippen MR) is 102 cm³/mol. The highest BCUT2D eigenvalue weighted by Crippen LogP contribution is 2.31. The number of benzene rings is 1. The van der Waals surface area contributed by atoms with Crippen molar-refractivity contribution in [3.63, 3.8) is 0 Å². The number of nitrogens with one attached hydrogen (secondary N) is 2. The van der Waals surface area contributed by atoms with Crippen LogP contribution in [-0.4, -0.2) is 63.9 Å². The lowest BCUT2D eigenvalue weighted by Crippen LogP contribution is -2.46. The number of hydrogen-bond donors (Lipinski definition) is 2. The standard InChI is InChI=1S/C19H25N3O6/c1-12-16(18(24)28-10-9-26-3)17(21-19(25)22(12)2)13-5-7-14(8-6-13)20-15(23)11-27-4/h5-8,17H,9-11H2,1-4H3,(H,20,23)(H,21,25)/t17-/m1/s1. The van der Waals surface area contributed by atoms with Crippen LogP contribution in [-0.2, 0) is 23.8 Å². The Morgan fingerprint density at radius 3 is 2.43 bits per heavy atom. The van der Waals surface area contributed by atoms with Crippen molar-refractivity contribution < 1.29 is 28.6 Å². The van der Waals surface area contributed by atoms with E-state index < -0.39 is 12.0 Å². The van der Waals surface area contributed by atoms with Crippen LogP contribution in [0.1, 0.15) is 18.5 Å². The second-order valence-electron chi connectivity index (χ2n) is 6.17. The predicted octanol–water partition coefficient (Wildman–Crippen LogP) is 1.43. The molecule has 0 aliphatic carbocycles. The highest BCUT2D eigenvalue weighted by Gasteiger charge is 2.34. The Labute approximate surface area is 163 Å². The molecule has 3 amide bonds. The molecule has 1 aromatic carbocycles. The van der Waals surface area contributed by atoms with E-state index in [0.29, 0.717) is 22.5 Å². The van der Waals surface area contributed by atoms with Gasteiger partial charge in [0.15, 0.2) is 0 Å². The van der Waals surface area contributed by atoms with Gasteiger partial charge in [-0.2, -0.15) is 0 Å². The number of carbonyl (C=O) groups excluding carboxylic acids is 3. The third-order valence-corrected chi connectivity index (χ3v) is 4.30. The van der Waals surface area contributed by atoms with Crippen molar-refractivity contribution in [1.82, 2.24) is 10.2 Å². The van der Waals surface area contributed by atoms with Gasteiger partial charge in [0.2, 0.25) is 5.91 Å². The molecule has 1 aromatic rings. The van der Waals surface area contributed by atoms with E-state index in [1.165, 1.54) is 19.1 Å². The fourth-order valence-corrected chi connectivity index (χ4v) is 2.73. The van der Waals surface area contributed by atoms with Crippen LogP contribution in [0.25, 0.3) is 0 Å². The Bertz CT molecular complexity index is 759. The molecule has 0 bridgehead atoms. The van der Waals surface area contributed by atoms with Crippen molar-refractivity contribution >= 4 is 23.6 Å². The number of anilines is 1. The Morgan fingerprint density at radius 2 is 1.82 bits per heavy atom. The number of esters is 1. The minimum absolute atomic E-state index is 0.0494. The van der Waals surface area contributed by atoms with Crippen LogP contribution >= 0.6 is 0 Å². The first-order valence-electron chi connectivity index (χ1n) is 8.68. The molecule has 0 saturated carbocycles. The maximum absolute atomic E-state index is 12.6. The molecule has 0 unspecified atom stereocenters. The van der Waals surface area contributed by atoms with Gasteiger partial charge in [0.25, 0.3) is 0 Å². The number of amides is 3. The minimum Gasteiger partial charge on any atom is -0.460 e. The van der Waals surface area contributed by atoms with E-state index in [2.05, 4.69) is 10.6 Å². The molecule has 9 nitrogen and oxygen atoms in total. The molecular formula is C19H25N3O6.